The molecule has 0 aliphatic heterocycles. The van der Waals surface area contributed by atoms with Crippen LogP contribution in [0.5, 0.6) is 0 Å². The fraction of sp³-hybridized carbons (Fsp3) is 0.667. The summed E-state index contributed by atoms with van der Waals surface area (Å²) >= 11 is 3.86. The molecule has 0 spiro atoms. The summed E-state index contributed by atoms with van der Waals surface area (Å²) in [6.07, 6.45) is -0.429. The van der Waals surface area contributed by atoms with Crippen LogP contribution in [-0.2, 0) is 28.8 Å². The number of carbonyl (C=O) groups is 6. The third kappa shape index (κ3) is 10.4. The number of amides is 5. The van der Waals surface area contributed by atoms with Gasteiger partial charge in [0.25, 0.3) is 0 Å². The van der Waals surface area contributed by atoms with E-state index in [4.69, 9.17) is 22.3 Å². The van der Waals surface area contributed by atoms with E-state index in [1.165, 1.54) is 0 Å². The molecule has 0 radical (unpaired) electrons. The molecule has 0 saturated heterocycles. The number of rotatable bonds is 15. The van der Waals surface area contributed by atoms with Crippen LogP contribution >= 0.6 is 12.6 Å². The topological polar surface area (TPSA) is 237 Å². The number of hydrogen-bond donors (Lipinski definition) is 8. The first-order valence-electron chi connectivity index (χ1n) is 9.90. The number of primary amides is 2. The van der Waals surface area contributed by atoms with E-state index in [1.807, 2.05) is 0 Å². The van der Waals surface area contributed by atoms with Crippen LogP contribution in [0.1, 0.15) is 39.5 Å². The van der Waals surface area contributed by atoms with Crippen molar-refractivity contribution in [2.75, 3.05) is 5.75 Å². The second-order valence-corrected chi connectivity index (χ2v) is 7.66. The molecule has 0 aliphatic carbocycles. The van der Waals surface area contributed by atoms with E-state index in [2.05, 4.69) is 28.6 Å². The summed E-state index contributed by atoms with van der Waals surface area (Å²) < 4.78 is 0. The molecule has 0 heterocycles. The lowest BCUT2D eigenvalue weighted by Crippen LogP contribution is -2.59. The average molecular weight is 477 g/mol. The van der Waals surface area contributed by atoms with Crippen LogP contribution in [0.15, 0.2) is 0 Å². The van der Waals surface area contributed by atoms with Crippen molar-refractivity contribution >= 4 is 48.1 Å². The van der Waals surface area contributed by atoms with E-state index in [1.54, 1.807) is 13.8 Å². The third-order valence-corrected chi connectivity index (χ3v) is 5.03. The molecule has 0 aromatic carbocycles. The summed E-state index contributed by atoms with van der Waals surface area (Å²) in [5, 5.41) is 16.2. The Bertz CT molecular complexity index is 720. The Hall–Kier alpha value is -2.87. The molecule has 0 bridgehead atoms. The smallest absolute Gasteiger partial charge is 0.327 e. The van der Waals surface area contributed by atoms with Gasteiger partial charge in [-0.25, -0.2) is 4.79 Å². The normalized spacial score (nSPS) is 15.4. The minimum Gasteiger partial charge on any atom is -0.480 e. The van der Waals surface area contributed by atoms with Crippen LogP contribution in [0.3, 0.4) is 0 Å². The number of thiol groups is 1. The van der Waals surface area contributed by atoms with Gasteiger partial charge in [0, 0.05) is 12.2 Å². The quantitative estimate of drug-likeness (QED) is 0.113. The fourth-order valence-electron chi connectivity index (χ4n) is 2.55. The lowest BCUT2D eigenvalue weighted by molar-refractivity contribution is -0.141. The molecule has 0 aliphatic rings. The predicted molar refractivity (Wildman–Crippen MR) is 117 cm³/mol. The highest BCUT2D eigenvalue weighted by Gasteiger charge is 2.32. The number of carboxylic acid groups (broad SMARTS) is 1. The maximum Gasteiger partial charge on any atom is 0.327 e. The van der Waals surface area contributed by atoms with Crippen LogP contribution in [-0.4, -0.2) is 70.5 Å². The van der Waals surface area contributed by atoms with E-state index in [9.17, 15) is 28.8 Å². The minimum atomic E-state index is -1.33. The zero-order valence-corrected chi connectivity index (χ0v) is 18.9. The molecule has 0 aromatic rings. The molecule has 182 valence electrons. The molecular formula is C18H32N6O7S. The van der Waals surface area contributed by atoms with Gasteiger partial charge in [0.1, 0.15) is 18.1 Å². The van der Waals surface area contributed by atoms with Gasteiger partial charge in [0.2, 0.25) is 29.5 Å². The van der Waals surface area contributed by atoms with Gasteiger partial charge in [-0.3, -0.25) is 24.0 Å². The Morgan fingerprint density at radius 3 is 1.91 bits per heavy atom. The summed E-state index contributed by atoms with van der Waals surface area (Å²) in [6.45, 7) is 3.44. The second kappa shape index (κ2) is 14.2. The van der Waals surface area contributed by atoms with Crippen molar-refractivity contribution in [3.8, 4) is 0 Å². The first-order valence-corrected chi connectivity index (χ1v) is 10.5. The zero-order valence-electron chi connectivity index (χ0n) is 18.0. The van der Waals surface area contributed by atoms with Gasteiger partial charge in [-0.05, 0) is 12.3 Å². The van der Waals surface area contributed by atoms with Gasteiger partial charge >= 0.3 is 5.97 Å². The third-order valence-electron chi connectivity index (χ3n) is 4.66. The number of aliphatic carboxylic acids is 1. The minimum absolute atomic E-state index is 0.200. The van der Waals surface area contributed by atoms with Gasteiger partial charge in [-0.2, -0.15) is 12.6 Å². The molecule has 0 aromatic heterocycles. The molecule has 5 atom stereocenters. The number of carboxylic acids is 1. The van der Waals surface area contributed by atoms with Crippen molar-refractivity contribution in [2.45, 2.75) is 63.7 Å². The van der Waals surface area contributed by atoms with Crippen molar-refractivity contribution in [1.29, 1.82) is 0 Å². The van der Waals surface area contributed by atoms with E-state index in [0.717, 1.165) is 0 Å². The Morgan fingerprint density at radius 1 is 0.906 bits per heavy atom. The van der Waals surface area contributed by atoms with Gasteiger partial charge in [0.05, 0.1) is 12.5 Å². The highest BCUT2D eigenvalue weighted by molar-refractivity contribution is 7.80. The molecule has 10 N–H and O–H groups in total. The first-order chi connectivity index (χ1) is 14.8. The second-order valence-electron chi connectivity index (χ2n) is 7.30. The lowest BCUT2D eigenvalue weighted by atomic mass is 9.97. The Morgan fingerprint density at radius 2 is 1.47 bits per heavy atom. The van der Waals surface area contributed by atoms with E-state index in [0.29, 0.717) is 6.42 Å². The fourth-order valence-corrected chi connectivity index (χ4v) is 2.79. The first kappa shape index (κ1) is 29.1. The van der Waals surface area contributed by atoms with Crippen molar-refractivity contribution in [3.05, 3.63) is 0 Å². The highest BCUT2D eigenvalue weighted by Crippen LogP contribution is 2.10. The molecule has 5 amide bonds. The largest absolute Gasteiger partial charge is 0.480 e. The molecule has 13 nitrogen and oxygen atoms in total. The Labute approximate surface area is 191 Å². The molecule has 0 rings (SSSR count). The summed E-state index contributed by atoms with van der Waals surface area (Å²) in [5.74, 6) is -5.88. The molecule has 0 fully saturated rings. The van der Waals surface area contributed by atoms with Crippen molar-refractivity contribution < 1.29 is 33.9 Å². The van der Waals surface area contributed by atoms with E-state index >= 15 is 0 Å². The van der Waals surface area contributed by atoms with Gasteiger partial charge in [-0.15, -0.1) is 0 Å². The lowest BCUT2D eigenvalue weighted by Gasteiger charge is -2.27. The summed E-state index contributed by atoms with van der Waals surface area (Å²) in [6, 6.07) is -5.03. The molecular weight excluding hydrogens is 444 g/mol. The van der Waals surface area contributed by atoms with Crippen LogP contribution in [0.2, 0.25) is 0 Å². The van der Waals surface area contributed by atoms with E-state index in [-0.39, 0.29) is 18.6 Å². The standard InChI is InChI=1S/C18H32N6O7S/c1-3-8(2)14(24-15(27)9(19)6-13(21)26)17(29)22-10(4-5-12(20)25)16(28)23-11(7-32)18(30)31/h8-11,14,32H,3-7,19H2,1-2H3,(H2,20,25)(H2,21,26)(H,22,29)(H,23,28)(H,24,27)(H,30,31). The molecule has 32 heavy (non-hydrogen) atoms. The summed E-state index contributed by atoms with van der Waals surface area (Å²) in [5.41, 5.74) is 15.8. The maximum atomic E-state index is 12.9. The predicted octanol–water partition coefficient (Wildman–Crippen LogP) is -3.03. The number of hydrogen-bond acceptors (Lipinski definition) is 8. The number of nitrogens with one attached hydrogen (secondary N) is 3. The van der Waals surface area contributed by atoms with E-state index < -0.39 is 72.0 Å². The molecule has 14 heteroatoms. The Balaban J connectivity index is 5.54. The highest BCUT2D eigenvalue weighted by atomic mass is 32.1. The van der Waals surface area contributed by atoms with Crippen LogP contribution < -0.4 is 33.2 Å². The van der Waals surface area contributed by atoms with Gasteiger partial charge < -0.3 is 38.3 Å². The van der Waals surface area contributed by atoms with Crippen LogP contribution in [0.25, 0.3) is 0 Å². The number of nitrogens with two attached hydrogens (primary N) is 3. The summed E-state index contributed by atoms with van der Waals surface area (Å²) in [7, 11) is 0. The molecule has 5 unspecified atom stereocenters. The summed E-state index contributed by atoms with van der Waals surface area (Å²) in [4.78, 5) is 71.0. The van der Waals surface area contributed by atoms with Crippen molar-refractivity contribution in [1.82, 2.24) is 16.0 Å². The number of carbonyl (C=O) groups excluding carboxylic acids is 5. The maximum absolute atomic E-state index is 12.9. The van der Waals surface area contributed by atoms with Crippen LogP contribution in [0.4, 0.5) is 0 Å². The average Bonchev–Trinajstić information content (AvgIpc) is 2.70. The van der Waals surface area contributed by atoms with Gasteiger partial charge in [-0.1, -0.05) is 20.3 Å². The van der Waals surface area contributed by atoms with Gasteiger partial charge in [0.15, 0.2) is 0 Å². The Kier molecular flexibility index (Phi) is 13.0. The SMILES string of the molecule is CCC(C)C(NC(=O)C(N)CC(N)=O)C(=O)NC(CCC(N)=O)C(=O)NC(CS)C(=O)O. The zero-order chi connectivity index (χ0) is 25.0. The monoisotopic (exact) mass is 476 g/mol. The van der Waals surface area contributed by atoms with Crippen molar-refractivity contribution in [2.24, 2.45) is 23.1 Å². The van der Waals surface area contributed by atoms with Crippen molar-refractivity contribution in [3.63, 3.8) is 0 Å². The molecule has 0 saturated carbocycles. The van der Waals surface area contributed by atoms with Crippen LogP contribution in [0, 0.1) is 5.92 Å².